The number of hydrogen-bond donors (Lipinski definition) is 2. The molecule has 8 nitrogen and oxygen atoms in total. The number of benzene rings is 1. The highest BCUT2D eigenvalue weighted by Crippen LogP contribution is 2.21. The molecule has 0 radical (unpaired) electrons. The fraction of sp³-hybridized carbons (Fsp3) is 0.500. The number of sulfonamides is 1. The van der Waals surface area contributed by atoms with Crippen LogP contribution in [-0.4, -0.2) is 56.2 Å². The van der Waals surface area contributed by atoms with Gasteiger partial charge in [0.2, 0.25) is 10.0 Å². The van der Waals surface area contributed by atoms with Crippen LogP contribution in [0.2, 0.25) is 0 Å². The summed E-state index contributed by atoms with van der Waals surface area (Å²) in [6, 6.07) is 6.27. The van der Waals surface area contributed by atoms with Crippen molar-refractivity contribution in [2.45, 2.75) is 38.0 Å². The largest absolute Gasteiger partial charge is 0.497 e. The predicted molar refractivity (Wildman–Crippen MR) is 110 cm³/mol. The molecule has 2 heterocycles. The van der Waals surface area contributed by atoms with Crippen LogP contribution in [-0.2, 0) is 16.4 Å². The Hall–Kier alpha value is -2.39. The number of piperidine rings is 1. The summed E-state index contributed by atoms with van der Waals surface area (Å²) >= 11 is 0. The van der Waals surface area contributed by atoms with Crippen LogP contribution in [0.25, 0.3) is 0 Å². The molecule has 1 amide bonds. The Bertz CT molecular complexity index is 953. The highest BCUT2D eigenvalue weighted by molar-refractivity contribution is 7.89. The molecule has 1 aliphatic rings. The summed E-state index contributed by atoms with van der Waals surface area (Å²) in [7, 11) is -2.07. The number of carbonyl (C=O) groups is 1. The van der Waals surface area contributed by atoms with Crippen LogP contribution >= 0.6 is 0 Å². The van der Waals surface area contributed by atoms with Gasteiger partial charge in [0, 0.05) is 30.9 Å². The zero-order valence-electron chi connectivity index (χ0n) is 17.1. The number of nitrogens with zero attached hydrogens (tertiary/aromatic N) is 2. The number of aryl methyl sites for hydroxylation is 1. The number of aromatic nitrogens is 2. The molecule has 158 valence electrons. The van der Waals surface area contributed by atoms with E-state index < -0.39 is 10.0 Å². The topological polar surface area (TPSA) is 104 Å². The number of methoxy groups -OCH3 is 1. The summed E-state index contributed by atoms with van der Waals surface area (Å²) in [5.41, 5.74) is 2.32. The van der Waals surface area contributed by atoms with Crippen molar-refractivity contribution in [1.29, 1.82) is 0 Å². The fourth-order valence-electron chi connectivity index (χ4n) is 3.62. The standard InChI is InChI=1S/C20H28N4O4S/c1-4-18-14(2)19(23-22-18)20(25)24-11-5-6-15(13-24)12-21-29(26,27)17-9-7-16(28-3)8-10-17/h7-10,15,21H,4-6,11-13H2,1-3H3,(H,22,23). The molecule has 1 aromatic heterocycles. The number of likely N-dealkylation sites (tertiary alicyclic amines) is 1. The maximum absolute atomic E-state index is 12.9. The van der Waals surface area contributed by atoms with Crippen LogP contribution in [0.1, 0.15) is 41.5 Å². The molecule has 0 saturated carbocycles. The number of carbonyl (C=O) groups excluding carboxylic acids is 1. The fourth-order valence-corrected chi connectivity index (χ4v) is 4.73. The predicted octanol–water partition coefficient (Wildman–Crippen LogP) is 2.12. The Kier molecular flexibility index (Phi) is 6.59. The van der Waals surface area contributed by atoms with Gasteiger partial charge in [0.1, 0.15) is 5.75 Å². The summed E-state index contributed by atoms with van der Waals surface area (Å²) in [6.07, 6.45) is 2.50. The minimum absolute atomic E-state index is 0.0608. The Morgan fingerprint density at radius 1 is 1.34 bits per heavy atom. The molecule has 9 heteroatoms. The van der Waals surface area contributed by atoms with Crippen LogP contribution in [0, 0.1) is 12.8 Å². The number of hydrogen-bond acceptors (Lipinski definition) is 5. The van der Waals surface area contributed by atoms with E-state index in [1.165, 1.54) is 19.2 Å². The molecule has 29 heavy (non-hydrogen) atoms. The van der Waals surface area contributed by atoms with E-state index in [1.54, 1.807) is 17.0 Å². The van der Waals surface area contributed by atoms with Gasteiger partial charge in [-0.25, -0.2) is 13.1 Å². The quantitative estimate of drug-likeness (QED) is 0.714. The Balaban J connectivity index is 1.61. The third-order valence-electron chi connectivity index (χ3n) is 5.40. The number of H-pyrrole nitrogens is 1. The number of rotatable bonds is 7. The average molecular weight is 421 g/mol. The van der Waals surface area contributed by atoms with Gasteiger partial charge in [0.15, 0.2) is 5.69 Å². The molecule has 0 bridgehead atoms. The maximum atomic E-state index is 12.9. The second-order valence-electron chi connectivity index (χ2n) is 7.32. The lowest BCUT2D eigenvalue weighted by Crippen LogP contribution is -2.44. The molecule has 1 aromatic carbocycles. The van der Waals surface area contributed by atoms with E-state index >= 15 is 0 Å². The van der Waals surface area contributed by atoms with Gasteiger partial charge in [-0.1, -0.05) is 6.92 Å². The maximum Gasteiger partial charge on any atom is 0.274 e. The summed E-state index contributed by atoms with van der Waals surface area (Å²) in [4.78, 5) is 14.8. The van der Waals surface area contributed by atoms with E-state index in [0.717, 1.165) is 30.5 Å². The molecule has 2 N–H and O–H groups in total. The van der Waals surface area contributed by atoms with Crippen LogP contribution in [0.15, 0.2) is 29.2 Å². The van der Waals surface area contributed by atoms with Gasteiger partial charge in [-0.15, -0.1) is 0 Å². The highest BCUT2D eigenvalue weighted by Gasteiger charge is 2.28. The van der Waals surface area contributed by atoms with Crippen molar-refractivity contribution in [3.8, 4) is 5.75 Å². The number of nitrogens with one attached hydrogen (secondary N) is 2. The van der Waals surface area contributed by atoms with Gasteiger partial charge >= 0.3 is 0 Å². The second-order valence-corrected chi connectivity index (χ2v) is 9.08. The highest BCUT2D eigenvalue weighted by atomic mass is 32.2. The lowest BCUT2D eigenvalue weighted by Gasteiger charge is -2.32. The molecule has 1 aliphatic heterocycles. The van der Waals surface area contributed by atoms with Gasteiger partial charge in [-0.2, -0.15) is 5.10 Å². The zero-order valence-corrected chi connectivity index (χ0v) is 17.9. The van der Waals surface area contributed by atoms with Crippen molar-refractivity contribution in [3.63, 3.8) is 0 Å². The first-order chi connectivity index (χ1) is 13.9. The van der Waals surface area contributed by atoms with Crippen LogP contribution in [0.3, 0.4) is 0 Å². The van der Waals surface area contributed by atoms with Gasteiger partial charge in [-0.05, 0) is 56.4 Å². The summed E-state index contributed by atoms with van der Waals surface area (Å²) in [5.74, 6) is 0.567. The summed E-state index contributed by atoms with van der Waals surface area (Å²) in [6.45, 7) is 5.38. The van der Waals surface area contributed by atoms with E-state index in [1.807, 2.05) is 13.8 Å². The third kappa shape index (κ3) is 4.79. The van der Waals surface area contributed by atoms with Crippen molar-refractivity contribution >= 4 is 15.9 Å². The molecule has 1 fully saturated rings. The van der Waals surface area contributed by atoms with Crippen LogP contribution in [0.5, 0.6) is 5.75 Å². The van der Waals surface area contributed by atoms with Crippen molar-refractivity contribution in [2.24, 2.45) is 5.92 Å². The Morgan fingerprint density at radius 2 is 2.07 bits per heavy atom. The van der Waals surface area contributed by atoms with E-state index in [9.17, 15) is 13.2 Å². The van der Waals surface area contributed by atoms with Gasteiger partial charge in [-0.3, -0.25) is 9.89 Å². The minimum atomic E-state index is -3.61. The summed E-state index contributed by atoms with van der Waals surface area (Å²) in [5, 5.41) is 7.12. The van der Waals surface area contributed by atoms with Crippen LogP contribution in [0.4, 0.5) is 0 Å². The number of aromatic amines is 1. The van der Waals surface area contributed by atoms with E-state index in [4.69, 9.17) is 4.74 Å². The Morgan fingerprint density at radius 3 is 2.69 bits per heavy atom. The molecule has 2 aromatic rings. The summed E-state index contributed by atoms with van der Waals surface area (Å²) < 4.78 is 32.8. The van der Waals surface area contributed by atoms with E-state index in [-0.39, 0.29) is 23.3 Å². The third-order valence-corrected chi connectivity index (χ3v) is 6.84. The molecule has 1 unspecified atom stereocenters. The molecular formula is C20H28N4O4S. The first-order valence-corrected chi connectivity index (χ1v) is 11.3. The van der Waals surface area contributed by atoms with Crippen LogP contribution < -0.4 is 9.46 Å². The SMILES string of the molecule is CCc1[nH]nc(C(=O)N2CCCC(CNS(=O)(=O)c3ccc(OC)cc3)C2)c1C. The molecule has 3 rings (SSSR count). The van der Waals surface area contributed by atoms with E-state index in [0.29, 0.717) is 24.5 Å². The van der Waals surface area contributed by atoms with Gasteiger partial charge < -0.3 is 9.64 Å². The smallest absolute Gasteiger partial charge is 0.274 e. The molecule has 0 spiro atoms. The van der Waals surface area contributed by atoms with Crippen molar-refractivity contribution in [3.05, 3.63) is 41.2 Å². The van der Waals surface area contributed by atoms with Gasteiger partial charge in [0.05, 0.1) is 12.0 Å². The number of ether oxygens (including phenoxy) is 1. The molecule has 1 atom stereocenters. The monoisotopic (exact) mass is 420 g/mol. The normalized spacial score (nSPS) is 17.3. The zero-order chi connectivity index (χ0) is 21.0. The second kappa shape index (κ2) is 8.96. The first kappa shape index (κ1) is 21.3. The lowest BCUT2D eigenvalue weighted by molar-refractivity contribution is 0.0669. The minimum Gasteiger partial charge on any atom is -0.497 e. The number of amides is 1. The van der Waals surface area contributed by atoms with E-state index in [2.05, 4.69) is 14.9 Å². The Labute approximate surface area is 171 Å². The van der Waals surface area contributed by atoms with Crippen molar-refractivity contribution < 1.29 is 17.9 Å². The van der Waals surface area contributed by atoms with Crippen molar-refractivity contribution in [2.75, 3.05) is 26.7 Å². The first-order valence-electron chi connectivity index (χ1n) is 9.82. The van der Waals surface area contributed by atoms with Gasteiger partial charge in [0.25, 0.3) is 5.91 Å². The lowest BCUT2D eigenvalue weighted by atomic mass is 9.98. The molecular weight excluding hydrogens is 392 g/mol. The van der Waals surface area contributed by atoms with Crippen molar-refractivity contribution in [1.82, 2.24) is 19.8 Å². The average Bonchev–Trinajstić information content (AvgIpc) is 3.12. The molecule has 1 saturated heterocycles. The molecule has 0 aliphatic carbocycles.